The van der Waals surface area contributed by atoms with Crippen LogP contribution in [0, 0.1) is 11.3 Å². The van der Waals surface area contributed by atoms with Crippen molar-refractivity contribution in [2.75, 3.05) is 14.1 Å². The van der Waals surface area contributed by atoms with Crippen LogP contribution in [0.15, 0.2) is 0 Å². The minimum Gasteiger partial charge on any atom is -0.205 e. The monoisotopic (exact) mass is 191 g/mol. The highest BCUT2D eigenvalue weighted by atomic mass is 32.2. The molecular formula is C6H13N3O2S. The third kappa shape index (κ3) is 2.17. The van der Waals surface area contributed by atoms with E-state index < -0.39 is 15.7 Å². The molecule has 0 aromatic heterocycles. The molecule has 0 spiro atoms. The molecule has 0 heterocycles. The summed E-state index contributed by atoms with van der Waals surface area (Å²) in [5.41, 5.74) is -1.03. The van der Waals surface area contributed by atoms with Crippen LogP contribution >= 0.6 is 0 Å². The summed E-state index contributed by atoms with van der Waals surface area (Å²) < 4.78 is 25.5. The summed E-state index contributed by atoms with van der Waals surface area (Å²) in [5.74, 6) is 0. The van der Waals surface area contributed by atoms with Crippen LogP contribution in [0.5, 0.6) is 0 Å². The van der Waals surface area contributed by atoms with E-state index in [1.807, 2.05) is 6.07 Å². The highest BCUT2D eigenvalue weighted by Gasteiger charge is 2.31. The standard InChI is InChI=1S/C6H13N3O2S/c1-6(2,5-7)9(4)12(10,11)8-3/h8H,1-4H3. The van der Waals surface area contributed by atoms with Gasteiger partial charge in [0.15, 0.2) is 0 Å². The van der Waals surface area contributed by atoms with Crippen LogP contribution in [0.25, 0.3) is 0 Å². The maximum absolute atomic E-state index is 11.2. The van der Waals surface area contributed by atoms with Crippen LogP contribution in [0.1, 0.15) is 13.8 Å². The lowest BCUT2D eigenvalue weighted by Crippen LogP contribution is -2.48. The van der Waals surface area contributed by atoms with Gasteiger partial charge in [-0.25, -0.2) is 4.72 Å². The molecule has 6 heteroatoms. The van der Waals surface area contributed by atoms with Gasteiger partial charge in [-0.15, -0.1) is 0 Å². The Bertz CT molecular complexity index is 288. The predicted octanol–water partition coefficient (Wildman–Crippen LogP) is -0.315. The number of rotatable bonds is 3. The largest absolute Gasteiger partial charge is 0.280 e. The maximum atomic E-state index is 11.2. The minimum atomic E-state index is -3.51. The summed E-state index contributed by atoms with van der Waals surface area (Å²) in [4.78, 5) is 0. The van der Waals surface area contributed by atoms with E-state index in [-0.39, 0.29) is 0 Å². The Hall–Kier alpha value is -0.640. The predicted molar refractivity (Wildman–Crippen MR) is 45.4 cm³/mol. The van der Waals surface area contributed by atoms with Crippen LogP contribution < -0.4 is 4.72 Å². The summed E-state index contributed by atoms with van der Waals surface area (Å²) in [6.45, 7) is 3.06. The van der Waals surface area contributed by atoms with Gasteiger partial charge in [-0.2, -0.15) is 18.0 Å². The van der Waals surface area contributed by atoms with E-state index in [1.165, 1.54) is 27.9 Å². The Labute approximate surface area is 73.2 Å². The first-order chi connectivity index (χ1) is 5.28. The lowest BCUT2D eigenvalue weighted by atomic mass is 10.1. The quantitative estimate of drug-likeness (QED) is 0.664. The van der Waals surface area contributed by atoms with Gasteiger partial charge in [0.25, 0.3) is 10.2 Å². The van der Waals surface area contributed by atoms with Gasteiger partial charge in [0, 0.05) is 14.1 Å². The van der Waals surface area contributed by atoms with E-state index in [1.54, 1.807) is 0 Å². The van der Waals surface area contributed by atoms with E-state index in [0.29, 0.717) is 0 Å². The van der Waals surface area contributed by atoms with Crippen molar-refractivity contribution in [3.8, 4) is 6.07 Å². The first kappa shape index (κ1) is 11.4. The Morgan fingerprint density at radius 2 is 1.92 bits per heavy atom. The van der Waals surface area contributed by atoms with Crippen LogP contribution in [0.2, 0.25) is 0 Å². The zero-order chi connectivity index (χ0) is 9.99. The van der Waals surface area contributed by atoms with Crippen molar-refractivity contribution in [2.45, 2.75) is 19.4 Å². The summed E-state index contributed by atoms with van der Waals surface area (Å²) in [6, 6.07) is 1.89. The highest BCUT2D eigenvalue weighted by molar-refractivity contribution is 7.87. The third-order valence-electron chi connectivity index (χ3n) is 1.68. The maximum Gasteiger partial charge on any atom is 0.280 e. The Morgan fingerprint density at radius 3 is 2.17 bits per heavy atom. The number of nitriles is 1. The van der Waals surface area contributed by atoms with Crippen LogP contribution in [0.3, 0.4) is 0 Å². The molecule has 0 aromatic carbocycles. The van der Waals surface area contributed by atoms with Gasteiger partial charge in [-0.1, -0.05) is 0 Å². The van der Waals surface area contributed by atoms with Crippen molar-refractivity contribution in [3.05, 3.63) is 0 Å². The van der Waals surface area contributed by atoms with Gasteiger partial charge in [0.1, 0.15) is 5.54 Å². The van der Waals surface area contributed by atoms with Crippen molar-refractivity contribution in [3.63, 3.8) is 0 Å². The molecular weight excluding hydrogens is 178 g/mol. The molecule has 0 aliphatic heterocycles. The SMILES string of the molecule is CNS(=O)(=O)N(C)C(C)(C)C#N. The van der Waals surface area contributed by atoms with Crippen molar-refractivity contribution in [2.24, 2.45) is 0 Å². The first-order valence-corrected chi connectivity index (χ1v) is 4.80. The molecule has 5 nitrogen and oxygen atoms in total. The fourth-order valence-corrected chi connectivity index (χ4v) is 1.42. The fraction of sp³-hybridized carbons (Fsp3) is 0.833. The minimum absolute atomic E-state index is 0.986. The summed E-state index contributed by atoms with van der Waals surface area (Å²) >= 11 is 0. The van der Waals surface area contributed by atoms with Crippen LogP contribution in [-0.4, -0.2) is 32.4 Å². The Balaban J connectivity index is 4.88. The van der Waals surface area contributed by atoms with Gasteiger partial charge in [-0.05, 0) is 13.8 Å². The van der Waals surface area contributed by atoms with E-state index in [9.17, 15) is 8.42 Å². The molecule has 0 aliphatic carbocycles. The molecule has 70 valence electrons. The normalized spacial score (nSPS) is 13.0. The van der Waals surface area contributed by atoms with Gasteiger partial charge in [-0.3, -0.25) is 0 Å². The Morgan fingerprint density at radius 1 is 1.50 bits per heavy atom. The highest BCUT2D eigenvalue weighted by Crippen LogP contribution is 2.13. The second-order valence-corrected chi connectivity index (χ2v) is 4.75. The van der Waals surface area contributed by atoms with Crippen LogP contribution in [-0.2, 0) is 10.2 Å². The van der Waals surface area contributed by atoms with Crippen molar-refractivity contribution >= 4 is 10.2 Å². The van der Waals surface area contributed by atoms with E-state index in [0.717, 1.165) is 4.31 Å². The van der Waals surface area contributed by atoms with Crippen molar-refractivity contribution in [1.82, 2.24) is 9.03 Å². The second kappa shape index (κ2) is 3.39. The molecule has 0 bridgehead atoms. The average molecular weight is 191 g/mol. The fourth-order valence-electron chi connectivity index (χ4n) is 0.508. The lowest BCUT2D eigenvalue weighted by Gasteiger charge is -2.27. The molecule has 0 radical (unpaired) electrons. The summed E-state index contributed by atoms with van der Waals surface area (Å²) in [6.07, 6.45) is 0. The summed E-state index contributed by atoms with van der Waals surface area (Å²) in [5, 5.41) is 8.64. The van der Waals surface area contributed by atoms with Crippen molar-refractivity contribution in [1.29, 1.82) is 5.26 Å². The van der Waals surface area contributed by atoms with Gasteiger partial charge in [0.05, 0.1) is 6.07 Å². The molecule has 0 rings (SSSR count). The average Bonchev–Trinajstić information content (AvgIpc) is 2.03. The van der Waals surface area contributed by atoms with E-state index in [2.05, 4.69) is 4.72 Å². The molecule has 0 fully saturated rings. The zero-order valence-corrected chi connectivity index (χ0v) is 8.44. The molecule has 0 amide bonds. The zero-order valence-electron chi connectivity index (χ0n) is 7.62. The van der Waals surface area contributed by atoms with E-state index >= 15 is 0 Å². The third-order valence-corrected chi connectivity index (χ3v) is 3.37. The molecule has 12 heavy (non-hydrogen) atoms. The van der Waals surface area contributed by atoms with Crippen LogP contribution in [0.4, 0.5) is 0 Å². The lowest BCUT2D eigenvalue weighted by molar-refractivity contribution is 0.333. The molecule has 0 saturated carbocycles. The molecule has 1 N–H and O–H groups in total. The molecule has 0 unspecified atom stereocenters. The van der Waals surface area contributed by atoms with E-state index in [4.69, 9.17) is 5.26 Å². The van der Waals surface area contributed by atoms with Crippen molar-refractivity contribution < 1.29 is 8.42 Å². The molecule has 0 aliphatic rings. The second-order valence-electron chi connectivity index (χ2n) is 2.85. The van der Waals surface area contributed by atoms with Gasteiger partial charge >= 0.3 is 0 Å². The molecule has 0 aromatic rings. The number of hydrogen-bond acceptors (Lipinski definition) is 3. The molecule has 0 saturated heterocycles. The molecule has 0 atom stereocenters. The smallest absolute Gasteiger partial charge is 0.205 e. The first-order valence-electron chi connectivity index (χ1n) is 3.36. The summed E-state index contributed by atoms with van der Waals surface area (Å²) in [7, 11) is -0.846. The van der Waals surface area contributed by atoms with Gasteiger partial charge in [0.2, 0.25) is 0 Å². The number of nitrogens with one attached hydrogen (secondary N) is 1. The number of hydrogen-bond donors (Lipinski definition) is 1. The van der Waals surface area contributed by atoms with Gasteiger partial charge < -0.3 is 0 Å². The topological polar surface area (TPSA) is 73.2 Å². The number of nitrogens with zero attached hydrogens (tertiary/aromatic N) is 2. The Kier molecular flexibility index (Phi) is 3.21.